The Labute approximate surface area is 137 Å². The van der Waals surface area contributed by atoms with E-state index in [9.17, 15) is 13.6 Å². The Morgan fingerprint density at radius 2 is 1.92 bits per heavy atom. The topological polar surface area (TPSA) is 54.0 Å². The second kappa shape index (κ2) is 6.62. The lowest BCUT2D eigenvalue weighted by Gasteiger charge is -2.16. The second-order valence-electron chi connectivity index (χ2n) is 5.36. The van der Waals surface area contributed by atoms with Gasteiger partial charge in [0.2, 0.25) is 5.91 Å². The number of benzene rings is 2. The number of pyridine rings is 1. The van der Waals surface area contributed by atoms with Gasteiger partial charge in [-0.15, -0.1) is 0 Å². The molecule has 0 fully saturated rings. The van der Waals surface area contributed by atoms with Gasteiger partial charge in [-0.1, -0.05) is 6.07 Å². The summed E-state index contributed by atoms with van der Waals surface area (Å²) in [6, 6.07) is 11.9. The van der Waals surface area contributed by atoms with Crippen LogP contribution in [0.25, 0.3) is 10.9 Å². The second-order valence-corrected chi connectivity index (χ2v) is 5.36. The highest BCUT2D eigenvalue weighted by Crippen LogP contribution is 2.22. The molecule has 24 heavy (non-hydrogen) atoms. The van der Waals surface area contributed by atoms with Crippen molar-refractivity contribution >= 4 is 28.2 Å². The monoisotopic (exact) mass is 327 g/mol. The smallest absolute Gasteiger partial charge is 0.246 e. The normalized spacial score (nSPS) is 12.0. The number of fused-ring (bicyclic) bond motifs is 1. The van der Waals surface area contributed by atoms with Crippen molar-refractivity contribution in [2.24, 2.45) is 0 Å². The molecule has 0 aliphatic heterocycles. The highest BCUT2D eigenvalue weighted by atomic mass is 19.2. The summed E-state index contributed by atoms with van der Waals surface area (Å²) in [5.74, 6) is -2.19. The van der Waals surface area contributed by atoms with Gasteiger partial charge in [-0.05, 0) is 43.3 Å². The predicted octanol–water partition coefficient (Wildman–Crippen LogP) is 3.95. The zero-order valence-corrected chi connectivity index (χ0v) is 12.9. The maximum atomic E-state index is 13.2. The third kappa shape index (κ3) is 3.32. The van der Waals surface area contributed by atoms with Gasteiger partial charge in [0.15, 0.2) is 11.6 Å². The van der Waals surface area contributed by atoms with Crippen LogP contribution in [-0.2, 0) is 4.79 Å². The van der Waals surface area contributed by atoms with Crippen LogP contribution in [0.5, 0.6) is 0 Å². The molecule has 1 amide bonds. The van der Waals surface area contributed by atoms with Gasteiger partial charge in [0.25, 0.3) is 0 Å². The van der Waals surface area contributed by atoms with E-state index in [4.69, 9.17) is 0 Å². The number of hydrogen-bond acceptors (Lipinski definition) is 3. The molecule has 0 unspecified atom stereocenters. The number of hydrogen-bond donors (Lipinski definition) is 2. The highest BCUT2D eigenvalue weighted by molar-refractivity contribution is 6.03. The standard InChI is InChI=1S/C18H15F2N3O/c1-11(22-12-7-8-14(19)15(20)10-12)18(24)23-17-6-2-5-16-13(17)4-3-9-21-16/h2-11,22H,1H3,(H,23,24)/t11-/m0/s1. The number of amides is 1. The zero-order valence-electron chi connectivity index (χ0n) is 12.9. The molecule has 4 nitrogen and oxygen atoms in total. The first-order valence-electron chi connectivity index (χ1n) is 7.41. The molecule has 0 spiro atoms. The van der Waals surface area contributed by atoms with E-state index in [-0.39, 0.29) is 5.91 Å². The molecular formula is C18H15F2N3O. The van der Waals surface area contributed by atoms with E-state index >= 15 is 0 Å². The minimum atomic E-state index is -0.965. The zero-order chi connectivity index (χ0) is 17.1. The van der Waals surface area contributed by atoms with Crippen LogP contribution in [0.15, 0.2) is 54.7 Å². The number of rotatable bonds is 4. The van der Waals surface area contributed by atoms with Crippen LogP contribution in [0.1, 0.15) is 6.92 Å². The molecular weight excluding hydrogens is 312 g/mol. The number of anilines is 2. The van der Waals surface area contributed by atoms with Gasteiger partial charge in [-0.25, -0.2) is 8.78 Å². The summed E-state index contributed by atoms with van der Waals surface area (Å²) in [5, 5.41) is 6.49. The molecule has 2 aromatic carbocycles. The molecule has 3 rings (SSSR count). The molecule has 0 bridgehead atoms. The Morgan fingerprint density at radius 1 is 1.08 bits per heavy atom. The van der Waals surface area contributed by atoms with E-state index in [1.54, 1.807) is 31.3 Å². The molecule has 0 saturated heterocycles. The molecule has 0 aliphatic carbocycles. The van der Waals surface area contributed by atoms with Crippen molar-refractivity contribution in [1.29, 1.82) is 0 Å². The summed E-state index contributed by atoms with van der Waals surface area (Å²) in [4.78, 5) is 16.6. The average Bonchev–Trinajstić information content (AvgIpc) is 2.58. The van der Waals surface area contributed by atoms with Crippen molar-refractivity contribution in [3.63, 3.8) is 0 Å². The fourth-order valence-electron chi connectivity index (χ4n) is 2.35. The van der Waals surface area contributed by atoms with Crippen molar-refractivity contribution in [3.05, 3.63) is 66.4 Å². The molecule has 122 valence electrons. The molecule has 1 heterocycles. The lowest BCUT2D eigenvalue weighted by atomic mass is 10.1. The molecule has 0 saturated carbocycles. The van der Waals surface area contributed by atoms with Gasteiger partial charge in [-0.3, -0.25) is 9.78 Å². The number of aromatic nitrogens is 1. The van der Waals surface area contributed by atoms with E-state index in [2.05, 4.69) is 15.6 Å². The molecule has 1 aromatic heterocycles. The summed E-state index contributed by atoms with van der Waals surface area (Å²) in [6.07, 6.45) is 1.68. The summed E-state index contributed by atoms with van der Waals surface area (Å²) in [6.45, 7) is 1.64. The van der Waals surface area contributed by atoms with Crippen LogP contribution in [-0.4, -0.2) is 16.9 Å². The fraction of sp³-hybridized carbons (Fsp3) is 0.111. The third-order valence-corrected chi connectivity index (χ3v) is 3.60. The van der Waals surface area contributed by atoms with Crippen molar-refractivity contribution in [2.45, 2.75) is 13.0 Å². The maximum absolute atomic E-state index is 13.2. The third-order valence-electron chi connectivity index (χ3n) is 3.60. The van der Waals surface area contributed by atoms with Gasteiger partial charge in [-0.2, -0.15) is 0 Å². The fourth-order valence-corrected chi connectivity index (χ4v) is 2.35. The quantitative estimate of drug-likeness (QED) is 0.763. The lowest BCUT2D eigenvalue weighted by molar-refractivity contribution is -0.116. The first kappa shape index (κ1) is 15.9. The highest BCUT2D eigenvalue weighted by Gasteiger charge is 2.15. The summed E-state index contributed by atoms with van der Waals surface area (Å²) in [7, 11) is 0. The molecule has 2 N–H and O–H groups in total. The Hall–Kier alpha value is -3.02. The average molecular weight is 327 g/mol. The van der Waals surface area contributed by atoms with Crippen LogP contribution < -0.4 is 10.6 Å². The SMILES string of the molecule is C[C@H](Nc1ccc(F)c(F)c1)C(=O)Nc1cccc2ncccc12. The van der Waals surface area contributed by atoms with Gasteiger partial charge < -0.3 is 10.6 Å². The molecule has 0 aliphatic rings. The van der Waals surface area contributed by atoms with Gasteiger partial charge >= 0.3 is 0 Å². The minimum Gasteiger partial charge on any atom is -0.374 e. The summed E-state index contributed by atoms with van der Waals surface area (Å²) in [5.41, 5.74) is 1.75. The molecule has 6 heteroatoms. The first-order valence-corrected chi connectivity index (χ1v) is 7.41. The molecule has 3 aromatic rings. The Balaban J connectivity index is 1.75. The van der Waals surface area contributed by atoms with Gasteiger partial charge in [0.1, 0.15) is 6.04 Å². The van der Waals surface area contributed by atoms with Crippen molar-refractivity contribution in [3.8, 4) is 0 Å². The largest absolute Gasteiger partial charge is 0.374 e. The van der Waals surface area contributed by atoms with E-state index in [1.807, 2.05) is 12.1 Å². The first-order chi connectivity index (χ1) is 11.5. The predicted molar refractivity (Wildman–Crippen MR) is 89.8 cm³/mol. The van der Waals surface area contributed by atoms with E-state index in [1.165, 1.54) is 6.07 Å². The van der Waals surface area contributed by atoms with Crippen molar-refractivity contribution in [1.82, 2.24) is 4.98 Å². The van der Waals surface area contributed by atoms with E-state index in [0.29, 0.717) is 11.4 Å². The summed E-state index contributed by atoms with van der Waals surface area (Å²) >= 11 is 0. The molecule has 0 radical (unpaired) electrons. The Morgan fingerprint density at radius 3 is 2.71 bits per heavy atom. The van der Waals surface area contributed by atoms with Crippen LogP contribution in [0.3, 0.4) is 0 Å². The number of nitrogens with one attached hydrogen (secondary N) is 2. The number of nitrogens with zero attached hydrogens (tertiary/aromatic N) is 1. The van der Waals surface area contributed by atoms with Crippen LogP contribution in [0, 0.1) is 11.6 Å². The van der Waals surface area contributed by atoms with E-state index in [0.717, 1.165) is 23.0 Å². The lowest BCUT2D eigenvalue weighted by Crippen LogP contribution is -2.32. The Bertz CT molecular complexity index is 893. The maximum Gasteiger partial charge on any atom is 0.246 e. The van der Waals surface area contributed by atoms with E-state index < -0.39 is 17.7 Å². The van der Waals surface area contributed by atoms with Crippen LogP contribution >= 0.6 is 0 Å². The number of carbonyl (C=O) groups excluding carboxylic acids is 1. The van der Waals surface area contributed by atoms with Gasteiger partial charge in [0, 0.05) is 23.3 Å². The minimum absolute atomic E-state index is 0.295. The van der Waals surface area contributed by atoms with Crippen molar-refractivity contribution in [2.75, 3.05) is 10.6 Å². The molecule has 1 atom stereocenters. The Kier molecular flexibility index (Phi) is 4.37. The number of halogens is 2. The van der Waals surface area contributed by atoms with Crippen LogP contribution in [0.4, 0.5) is 20.2 Å². The number of carbonyl (C=O) groups is 1. The van der Waals surface area contributed by atoms with Crippen molar-refractivity contribution < 1.29 is 13.6 Å². The van der Waals surface area contributed by atoms with Crippen LogP contribution in [0.2, 0.25) is 0 Å². The van der Waals surface area contributed by atoms with Gasteiger partial charge in [0.05, 0.1) is 11.2 Å². The summed E-state index contributed by atoms with van der Waals surface area (Å²) < 4.78 is 26.2.